The molecule has 0 saturated heterocycles. The summed E-state index contributed by atoms with van der Waals surface area (Å²) < 4.78 is 5.70. The van der Waals surface area contributed by atoms with Crippen molar-refractivity contribution in [2.75, 3.05) is 7.11 Å². The van der Waals surface area contributed by atoms with Crippen molar-refractivity contribution >= 4 is 6.29 Å². The second-order valence-electron chi connectivity index (χ2n) is 5.27. The molecule has 2 saturated carbocycles. The minimum absolute atomic E-state index is 0.317. The van der Waals surface area contributed by atoms with Gasteiger partial charge < -0.3 is 14.6 Å². The Bertz CT molecular complexity index is 332. The quantitative estimate of drug-likeness (QED) is 0.593. The summed E-state index contributed by atoms with van der Waals surface area (Å²) in [7, 11) is 1.66. The van der Waals surface area contributed by atoms with Crippen LogP contribution in [0.2, 0.25) is 0 Å². The van der Waals surface area contributed by atoms with E-state index >= 15 is 0 Å². The van der Waals surface area contributed by atoms with Gasteiger partial charge in [0.2, 0.25) is 0 Å². The maximum Gasteiger partial charge on any atom is 0.126 e. The second-order valence-corrected chi connectivity index (χ2v) is 5.27. The first-order valence-electron chi connectivity index (χ1n) is 6.53. The Kier molecular flexibility index (Phi) is 3.41. The lowest BCUT2D eigenvalue weighted by atomic mass is 9.57. The number of rotatable bonds is 2. The highest BCUT2D eigenvalue weighted by molar-refractivity contribution is 5.59. The van der Waals surface area contributed by atoms with Crippen LogP contribution in [-0.4, -0.2) is 29.7 Å². The molecular weight excluding hydrogens is 216 g/mol. The lowest BCUT2D eigenvalue weighted by molar-refractivity contribution is -0.207. The van der Waals surface area contributed by atoms with Crippen molar-refractivity contribution in [2.45, 2.75) is 56.7 Å². The third kappa shape index (κ3) is 1.59. The molecule has 17 heavy (non-hydrogen) atoms. The SMILES string of the molecule is C/C=C1\CCC[C@@]2(OC)CCC[C@@H](C=O)[C@]12O. The fourth-order valence-electron chi connectivity index (χ4n) is 3.84. The predicted molar refractivity (Wildman–Crippen MR) is 65.7 cm³/mol. The van der Waals surface area contributed by atoms with Crippen molar-refractivity contribution in [2.24, 2.45) is 5.92 Å². The lowest BCUT2D eigenvalue weighted by Gasteiger charge is -2.56. The Morgan fingerprint density at radius 3 is 2.71 bits per heavy atom. The van der Waals surface area contributed by atoms with Gasteiger partial charge in [0.05, 0.1) is 5.92 Å². The summed E-state index contributed by atoms with van der Waals surface area (Å²) in [6, 6.07) is 0. The van der Waals surface area contributed by atoms with E-state index in [1.165, 1.54) is 0 Å². The molecule has 0 aliphatic heterocycles. The first kappa shape index (κ1) is 12.8. The van der Waals surface area contributed by atoms with Gasteiger partial charge in [-0.15, -0.1) is 0 Å². The standard InChI is InChI=1S/C14H22O3/c1-3-11-6-4-8-13(17-2)9-5-7-12(10-15)14(11,13)16/h3,10,12,16H,4-9H2,1-2H3/b11-3+/t12-,13+,14+/m0/s1. The van der Waals surface area contributed by atoms with Crippen molar-refractivity contribution < 1.29 is 14.6 Å². The van der Waals surface area contributed by atoms with E-state index in [-0.39, 0.29) is 5.92 Å². The van der Waals surface area contributed by atoms with Gasteiger partial charge in [0.1, 0.15) is 17.5 Å². The monoisotopic (exact) mass is 238 g/mol. The number of hydrogen-bond donors (Lipinski definition) is 1. The summed E-state index contributed by atoms with van der Waals surface area (Å²) >= 11 is 0. The number of aliphatic hydroxyl groups is 1. The molecule has 1 N–H and O–H groups in total. The minimum atomic E-state index is -1.07. The van der Waals surface area contributed by atoms with Gasteiger partial charge >= 0.3 is 0 Å². The first-order chi connectivity index (χ1) is 8.14. The molecule has 2 rings (SSSR count). The molecule has 96 valence electrons. The molecule has 0 aromatic rings. The molecule has 0 aromatic heterocycles. The third-order valence-corrected chi connectivity index (χ3v) is 4.75. The van der Waals surface area contributed by atoms with E-state index in [4.69, 9.17) is 4.74 Å². The van der Waals surface area contributed by atoms with Crippen LogP contribution in [0.5, 0.6) is 0 Å². The summed E-state index contributed by atoms with van der Waals surface area (Å²) in [6.07, 6.45) is 8.21. The minimum Gasteiger partial charge on any atom is -0.382 e. The van der Waals surface area contributed by atoms with Gasteiger partial charge in [0.15, 0.2) is 0 Å². The fourth-order valence-corrected chi connectivity index (χ4v) is 3.84. The number of allylic oxidation sites excluding steroid dienone is 1. The van der Waals surface area contributed by atoms with Crippen LogP contribution in [0.1, 0.15) is 45.4 Å². The van der Waals surface area contributed by atoms with Crippen LogP contribution in [0.3, 0.4) is 0 Å². The Balaban J connectivity index is 2.50. The maximum atomic E-state index is 11.3. The molecule has 0 amide bonds. The van der Waals surface area contributed by atoms with Crippen LogP contribution in [0.4, 0.5) is 0 Å². The summed E-state index contributed by atoms with van der Waals surface area (Å²) in [5, 5.41) is 11.1. The Morgan fingerprint density at radius 2 is 2.12 bits per heavy atom. The molecular formula is C14H22O3. The van der Waals surface area contributed by atoms with Crippen LogP contribution < -0.4 is 0 Å². The van der Waals surface area contributed by atoms with Gasteiger partial charge in [-0.05, 0) is 51.0 Å². The maximum absolute atomic E-state index is 11.3. The van der Waals surface area contributed by atoms with E-state index < -0.39 is 11.2 Å². The molecule has 0 bridgehead atoms. The van der Waals surface area contributed by atoms with Crippen LogP contribution in [-0.2, 0) is 9.53 Å². The van der Waals surface area contributed by atoms with Crippen molar-refractivity contribution in [3.05, 3.63) is 11.6 Å². The number of ether oxygens (including phenoxy) is 1. The van der Waals surface area contributed by atoms with E-state index in [9.17, 15) is 9.90 Å². The molecule has 2 fully saturated rings. The molecule has 3 heteroatoms. The topological polar surface area (TPSA) is 46.5 Å². The molecule has 0 heterocycles. The normalized spacial score (nSPS) is 44.4. The van der Waals surface area contributed by atoms with Gasteiger partial charge in [-0.25, -0.2) is 0 Å². The number of carbonyl (C=O) groups excluding carboxylic acids is 1. The van der Waals surface area contributed by atoms with Crippen molar-refractivity contribution in [3.8, 4) is 0 Å². The van der Waals surface area contributed by atoms with E-state index in [2.05, 4.69) is 0 Å². The van der Waals surface area contributed by atoms with Crippen LogP contribution in [0, 0.1) is 5.92 Å². The molecule has 3 atom stereocenters. The van der Waals surface area contributed by atoms with E-state index in [0.717, 1.165) is 50.4 Å². The zero-order valence-corrected chi connectivity index (χ0v) is 10.7. The van der Waals surface area contributed by atoms with Gasteiger partial charge in [0.25, 0.3) is 0 Å². The van der Waals surface area contributed by atoms with Gasteiger partial charge in [-0.3, -0.25) is 0 Å². The molecule has 0 aromatic carbocycles. The summed E-state index contributed by atoms with van der Waals surface area (Å²) in [5.41, 5.74) is -0.631. The Hall–Kier alpha value is -0.670. The number of aldehydes is 1. The van der Waals surface area contributed by atoms with E-state index in [1.807, 2.05) is 13.0 Å². The highest BCUT2D eigenvalue weighted by Crippen LogP contribution is 2.53. The Morgan fingerprint density at radius 1 is 1.41 bits per heavy atom. The molecule has 0 unspecified atom stereocenters. The number of hydrogen-bond acceptors (Lipinski definition) is 3. The predicted octanol–water partition coefficient (Wildman–Crippen LogP) is 2.23. The smallest absolute Gasteiger partial charge is 0.126 e. The molecule has 0 radical (unpaired) electrons. The van der Waals surface area contributed by atoms with Crippen LogP contribution in [0.25, 0.3) is 0 Å². The van der Waals surface area contributed by atoms with Crippen molar-refractivity contribution in [3.63, 3.8) is 0 Å². The summed E-state index contributed by atoms with van der Waals surface area (Å²) in [4.78, 5) is 11.3. The zero-order valence-electron chi connectivity index (χ0n) is 10.7. The Labute approximate surface area is 103 Å². The van der Waals surface area contributed by atoms with Crippen LogP contribution >= 0.6 is 0 Å². The zero-order chi connectivity index (χ0) is 12.5. The van der Waals surface area contributed by atoms with Crippen molar-refractivity contribution in [1.82, 2.24) is 0 Å². The van der Waals surface area contributed by atoms with E-state index in [1.54, 1.807) is 7.11 Å². The molecule has 0 spiro atoms. The fraction of sp³-hybridized carbons (Fsp3) is 0.786. The van der Waals surface area contributed by atoms with Crippen molar-refractivity contribution in [1.29, 1.82) is 0 Å². The average Bonchev–Trinajstić information content (AvgIpc) is 2.36. The molecule has 3 nitrogen and oxygen atoms in total. The first-order valence-corrected chi connectivity index (χ1v) is 6.53. The largest absolute Gasteiger partial charge is 0.382 e. The number of methoxy groups -OCH3 is 1. The van der Waals surface area contributed by atoms with Gasteiger partial charge in [0, 0.05) is 7.11 Å². The lowest BCUT2D eigenvalue weighted by Crippen LogP contribution is -2.65. The molecule has 2 aliphatic carbocycles. The third-order valence-electron chi connectivity index (χ3n) is 4.75. The van der Waals surface area contributed by atoms with Gasteiger partial charge in [-0.1, -0.05) is 6.08 Å². The number of carbonyl (C=O) groups is 1. The average molecular weight is 238 g/mol. The number of fused-ring (bicyclic) bond motifs is 1. The summed E-state index contributed by atoms with van der Waals surface area (Å²) in [5.74, 6) is -0.317. The van der Waals surface area contributed by atoms with Crippen LogP contribution in [0.15, 0.2) is 11.6 Å². The summed E-state index contributed by atoms with van der Waals surface area (Å²) in [6.45, 7) is 1.94. The molecule has 2 aliphatic rings. The highest BCUT2D eigenvalue weighted by Gasteiger charge is 2.60. The highest BCUT2D eigenvalue weighted by atomic mass is 16.5. The van der Waals surface area contributed by atoms with Gasteiger partial charge in [-0.2, -0.15) is 0 Å². The second kappa shape index (κ2) is 4.54. The van der Waals surface area contributed by atoms with E-state index in [0.29, 0.717) is 0 Å².